The Hall–Kier alpha value is -1.18. The summed E-state index contributed by atoms with van der Waals surface area (Å²) in [6.07, 6.45) is 3.20. The molecule has 0 aliphatic heterocycles. The van der Waals surface area contributed by atoms with Crippen molar-refractivity contribution in [2.45, 2.75) is 31.7 Å². The van der Waals surface area contributed by atoms with Crippen LogP contribution in [0.4, 0.5) is 5.82 Å². The second-order valence-corrected chi connectivity index (χ2v) is 10.0. The molecule has 4 rings (SSSR count). The number of nitrogens with zero attached hydrogens (tertiary/aromatic N) is 2. The van der Waals surface area contributed by atoms with Crippen LogP contribution in [-0.2, 0) is 4.57 Å². The number of fused-ring (bicyclic) bond motifs is 3. The van der Waals surface area contributed by atoms with Crippen LogP contribution < -0.4 is 5.32 Å². The Morgan fingerprint density at radius 3 is 2.70 bits per heavy atom. The highest BCUT2D eigenvalue weighted by molar-refractivity contribution is 9.10. The van der Waals surface area contributed by atoms with Crippen LogP contribution >= 0.6 is 35.1 Å². The highest BCUT2D eigenvalue weighted by Gasteiger charge is 2.27. The fourth-order valence-electron chi connectivity index (χ4n) is 3.83. The zero-order valence-corrected chi connectivity index (χ0v) is 17.6. The van der Waals surface area contributed by atoms with E-state index in [2.05, 4.69) is 36.2 Å². The number of rotatable bonds is 4. The first kappa shape index (κ1) is 19.2. The molecular formula is C17H19BrClN4O3P. The topological polar surface area (TPSA) is 111 Å². The summed E-state index contributed by atoms with van der Waals surface area (Å²) in [7, 11) is -3.95. The molecule has 27 heavy (non-hydrogen) atoms. The third kappa shape index (κ3) is 4.30. The maximum absolute atomic E-state index is 11.2. The summed E-state index contributed by atoms with van der Waals surface area (Å²) in [5, 5.41) is 4.60. The zero-order chi connectivity index (χ0) is 19.2. The summed E-state index contributed by atoms with van der Waals surface area (Å²) >= 11 is 9.64. The molecule has 3 aromatic rings. The van der Waals surface area contributed by atoms with Gasteiger partial charge in [-0.05, 0) is 61.4 Å². The molecule has 1 aliphatic rings. The third-order valence-corrected chi connectivity index (χ3v) is 6.72. The van der Waals surface area contributed by atoms with E-state index < -0.39 is 7.60 Å². The van der Waals surface area contributed by atoms with Gasteiger partial charge in [0.25, 0.3) is 0 Å². The summed E-state index contributed by atoms with van der Waals surface area (Å²) < 4.78 is 12.2. The molecule has 1 aliphatic carbocycles. The zero-order valence-electron chi connectivity index (χ0n) is 14.3. The molecule has 0 bridgehead atoms. The van der Waals surface area contributed by atoms with Crippen LogP contribution in [0.2, 0.25) is 5.28 Å². The Labute approximate surface area is 169 Å². The lowest BCUT2D eigenvalue weighted by Crippen LogP contribution is -2.28. The van der Waals surface area contributed by atoms with E-state index in [4.69, 9.17) is 21.4 Å². The van der Waals surface area contributed by atoms with Gasteiger partial charge in [0.1, 0.15) is 11.0 Å². The summed E-state index contributed by atoms with van der Waals surface area (Å²) in [4.78, 5) is 30.4. The Bertz CT molecular complexity index is 1050. The largest absolute Gasteiger partial charge is 0.365 e. The van der Waals surface area contributed by atoms with Crippen molar-refractivity contribution < 1.29 is 14.4 Å². The summed E-state index contributed by atoms with van der Waals surface area (Å²) in [6.45, 7) is 0. The maximum Gasteiger partial charge on any atom is 0.325 e. The third-order valence-electron chi connectivity index (χ3n) is 5.06. The van der Waals surface area contributed by atoms with Crippen molar-refractivity contribution in [1.29, 1.82) is 0 Å². The molecule has 0 atom stereocenters. The van der Waals surface area contributed by atoms with Crippen molar-refractivity contribution in [3.8, 4) is 0 Å². The molecule has 1 fully saturated rings. The number of nitrogens with one attached hydrogen (secondary N) is 2. The van der Waals surface area contributed by atoms with Gasteiger partial charge < -0.3 is 20.1 Å². The Morgan fingerprint density at radius 1 is 1.26 bits per heavy atom. The number of anilines is 1. The van der Waals surface area contributed by atoms with E-state index in [1.54, 1.807) is 0 Å². The standard InChI is InChI=1S/C17H19BrClN4O3P/c18-10-3-6-13-12(7-10)14-15(21-13)16(23-17(19)22-14)20-11-4-1-9(2-5-11)8-27(24,25)26/h3,6-7,9,11,21H,1-2,4-5,8H2,(H,20,22,23)(H2,24,25,26). The van der Waals surface area contributed by atoms with E-state index in [9.17, 15) is 4.57 Å². The van der Waals surface area contributed by atoms with Gasteiger partial charge in [-0.2, -0.15) is 4.98 Å². The van der Waals surface area contributed by atoms with Crippen LogP contribution in [0.1, 0.15) is 25.7 Å². The number of aromatic nitrogens is 3. The second kappa shape index (κ2) is 7.33. The molecule has 4 N–H and O–H groups in total. The van der Waals surface area contributed by atoms with Crippen molar-refractivity contribution in [2.75, 3.05) is 11.5 Å². The Morgan fingerprint density at radius 2 is 2.00 bits per heavy atom. The predicted octanol–water partition coefficient (Wildman–Crippen LogP) is 4.68. The Balaban J connectivity index is 1.58. The fourth-order valence-corrected chi connectivity index (χ4v) is 5.39. The molecule has 0 radical (unpaired) electrons. The summed E-state index contributed by atoms with van der Waals surface area (Å²) in [5.74, 6) is 0.735. The van der Waals surface area contributed by atoms with Gasteiger partial charge in [-0.1, -0.05) is 15.9 Å². The van der Waals surface area contributed by atoms with Crippen LogP contribution in [0, 0.1) is 5.92 Å². The minimum Gasteiger partial charge on any atom is -0.365 e. The molecule has 0 saturated heterocycles. The molecule has 0 unspecified atom stereocenters. The molecule has 7 nitrogen and oxygen atoms in total. The SMILES string of the molecule is O=P(O)(O)CC1CCC(Nc2nc(Cl)nc3c2[nH]c2ccc(Br)cc23)CC1. The van der Waals surface area contributed by atoms with E-state index in [0.717, 1.165) is 52.1 Å². The van der Waals surface area contributed by atoms with E-state index in [1.165, 1.54) is 0 Å². The minimum atomic E-state index is -3.95. The molecule has 1 saturated carbocycles. The van der Waals surface area contributed by atoms with Gasteiger partial charge in [-0.15, -0.1) is 0 Å². The second-order valence-electron chi connectivity index (χ2n) is 7.09. The lowest BCUT2D eigenvalue weighted by molar-refractivity contribution is 0.322. The first-order valence-electron chi connectivity index (χ1n) is 8.74. The average molecular weight is 474 g/mol. The van der Waals surface area contributed by atoms with Gasteiger partial charge in [0, 0.05) is 21.4 Å². The van der Waals surface area contributed by atoms with Crippen LogP contribution in [0.5, 0.6) is 0 Å². The molecule has 1 aromatic carbocycles. The first-order chi connectivity index (χ1) is 12.8. The first-order valence-corrected chi connectivity index (χ1v) is 11.7. The lowest BCUT2D eigenvalue weighted by atomic mass is 9.87. The normalized spacial score (nSPS) is 21.0. The van der Waals surface area contributed by atoms with Crippen molar-refractivity contribution in [3.63, 3.8) is 0 Å². The van der Waals surface area contributed by atoms with Crippen molar-refractivity contribution in [3.05, 3.63) is 28.0 Å². The van der Waals surface area contributed by atoms with Crippen molar-refractivity contribution in [1.82, 2.24) is 15.0 Å². The van der Waals surface area contributed by atoms with Gasteiger partial charge in [0.2, 0.25) is 5.28 Å². The molecule has 144 valence electrons. The number of hydrogen-bond donors (Lipinski definition) is 4. The van der Waals surface area contributed by atoms with E-state index in [1.807, 2.05) is 18.2 Å². The highest BCUT2D eigenvalue weighted by Crippen LogP contribution is 2.41. The number of H-pyrrole nitrogens is 1. The molecule has 0 amide bonds. The average Bonchev–Trinajstić information content (AvgIpc) is 2.93. The maximum atomic E-state index is 11.2. The van der Waals surface area contributed by atoms with E-state index in [-0.39, 0.29) is 23.4 Å². The van der Waals surface area contributed by atoms with Crippen molar-refractivity contribution >= 4 is 62.9 Å². The number of halogens is 2. The van der Waals surface area contributed by atoms with Gasteiger partial charge in [-0.25, -0.2) is 4.98 Å². The van der Waals surface area contributed by atoms with Gasteiger partial charge in [0.15, 0.2) is 5.82 Å². The minimum absolute atomic E-state index is 0.0276. The number of benzene rings is 1. The van der Waals surface area contributed by atoms with Gasteiger partial charge in [-0.3, -0.25) is 4.57 Å². The fraction of sp³-hybridized carbons (Fsp3) is 0.412. The summed E-state index contributed by atoms with van der Waals surface area (Å²) in [6, 6.07) is 6.12. The highest BCUT2D eigenvalue weighted by atomic mass is 79.9. The Kier molecular flexibility index (Phi) is 5.20. The van der Waals surface area contributed by atoms with Crippen LogP contribution in [-0.4, -0.2) is 36.9 Å². The van der Waals surface area contributed by atoms with E-state index in [0.29, 0.717) is 5.82 Å². The van der Waals surface area contributed by atoms with Gasteiger partial charge >= 0.3 is 7.60 Å². The molecule has 10 heteroatoms. The quantitative estimate of drug-likeness (QED) is 0.323. The van der Waals surface area contributed by atoms with Crippen LogP contribution in [0.3, 0.4) is 0 Å². The smallest absolute Gasteiger partial charge is 0.325 e. The van der Waals surface area contributed by atoms with Gasteiger partial charge in [0.05, 0.1) is 6.16 Å². The number of hydrogen-bond acceptors (Lipinski definition) is 4. The lowest BCUT2D eigenvalue weighted by Gasteiger charge is -2.29. The molecular weight excluding hydrogens is 455 g/mol. The molecule has 2 heterocycles. The number of aromatic amines is 1. The van der Waals surface area contributed by atoms with Crippen LogP contribution in [0.25, 0.3) is 21.9 Å². The molecule has 2 aromatic heterocycles. The molecule has 0 spiro atoms. The van der Waals surface area contributed by atoms with E-state index >= 15 is 0 Å². The summed E-state index contributed by atoms with van der Waals surface area (Å²) in [5.41, 5.74) is 2.53. The predicted molar refractivity (Wildman–Crippen MR) is 110 cm³/mol. The monoisotopic (exact) mass is 472 g/mol. The van der Waals surface area contributed by atoms with Crippen molar-refractivity contribution in [2.24, 2.45) is 5.92 Å². The van der Waals surface area contributed by atoms with Crippen LogP contribution in [0.15, 0.2) is 22.7 Å².